The zero-order valence-corrected chi connectivity index (χ0v) is 15.5. The minimum atomic E-state index is -0.0196. The van der Waals surface area contributed by atoms with E-state index in [9.17, 15) is 4.79 Å². The highest BCUT2D eigenvalue weighted by Crippen LogP contribution is 2.26. The van der Waals surface area contributed by atoms with E-state index in [0.29, 0.717) is 21.7 Å². The van der Waals surface area contributed by atoms with Crippen molar-refractivity contribution in [3.8, 4) is 0 Å². The fourth-order valence-electron chi connectivity index (χ4n) is 2.01. The van der Waals surface area contributed by atoms with Crippen LogP contribution in [0.4, 0.5) is 0 Å². The van der Waals surface area contributed by atoms with E-state index < -0.39 is 0 Å². The van der Waals surface area contributed by atoms with Gasteiger partial charge in [0, 0.05) is 25.0 Å². The van der Waals surface area contributed by atoms with Gasteiger partial charge in [-0.25, -0.2) is 9.97 Å². The Morgan fingerprint density at radius 1 is 1.22 bits per heavy atom. The molecule has 4 nitrogen and oxygen atoms in total. The van der Waals surface area contributed by atoms with Crippen LogP contribution in [0.15, 0.2) is 29.4 Å². The summed E-state index contributed by atoms with van der Waals surface area (Å²) in [4.78, 5) is 22.5. The lowest BCUT2D eigenvalue weighted by Gasteiger charge is -2.18. The molecule has 0 aliphatic rings. The van der Waals surface area contributed by atoms with E-state index >= 15 is 0 Å². The summed E-state index contributed by atoms with van der Waals surface area (Å²) in [6.45, 7) is 4.23. The van der Waals surface area contributed by atoms with Gasteiger partial charge in [-0.2, -0.15) is 0 Å². The molecule has 1 amide bonds. The number of halogens is 2. The first kappa shape index (κ1) is 18.0. The zero-order chi connectivity index (χ0) is 17.0. The molecule has 0 radical (unpaired) electrons. The quantitative estimate of drug-likeness (QED) is 0.586. The summed E-state index contributed by atoms with van der Waals surface area (Å²) >= 11 is 13.5. The number of aromatic nitrogens is 2. The number of carbonyl (C=O) groups is 1. The number of nitrogens with zero attached hydrogens (tertiary/aromatic N) is 3. The van der Waals surface area contributed by atoms with Gasteiger partial charge in [0.2, 0.25) is 5.91 Å². The molecule has 1 heterocycles. The Hall–Kier alpha value is -1.30. The number of hydrogen-bond donors (Lipinski definition) is 0. The van der Waals surface area contributed by atoms with Gasteiger partial charge in [0.25, 0.3) is 0 Å². The Bertz CT molecular complexity index is 704. The van der Waals surface area contributed by atoms with Gasteiger partial charge in [-0.05, 0) is 31.5 Å². The van der Waals surface area contributed by atoms with Crippen LogP contribution in [0.5, 0.6) is 0 Å². The molecule has 7 heteroatoms. The van der Waals surface area contributed by atoms with Crippen molar-refractivity contribution < 1.29 is 4.79 Å². The number of thioether (sulfide) groups is 1. The van der Waals surface area contributed by atoms with Crippen LogP contribution in [0.25, 0.3) is 0 Å². The van der Waals surface area contributed by atoms with Crippen molar-refractivity contribution in [1.82, 2.24) is 14.9 Å². The Kier molecular flexibility index (Phi) is 6.27. The van der Waals surface area contributed by atoms with Crippen molar-refractivity contribution in [3.63, 3.8) is 0 Å². The summed E-state index contributed by atoms with van der Waals surface area (Å²) in [6.07, 6.45) is 0. The first-order chi connectivity index (χ1) is 10.9. The molecule has 0 aliphatic heterocycles. The number of hydrogen-bond acceptors (Lipinski definition) is 4. The lowest BCUT2D eigenvalue weighted by Crippen LogP contribution is -2.28. The third-order valence-corrected chi connectivity index (χ3v) is 4.84. The zero-order valence-electron chi connectivity index (χ0n) is 13.1. The third-order valence-electron chi connectivity index (χ3n) is 3.15. The number of benzene rings is 1. The molecule has 2 rings (SSSR count). The summed E-state index contributed by atoms with van der Waals surface area (Å²) < 4.78 is 0. The van der Waals surface area contributed by atoms with Gasteiger partial charge >= 0.3 is 0 Å². The first-order valence-corrected chi connectivity index (χ1v) is 8.73. The highest BCUT2D eigenvalue weighted by atomic mass is 35.5. The van der Waals surface area contributed by atoms with Crippen molar-refractivity contribution in [3.05, 3.63) is 51.3 Å². The molecular weight excluding hydrogens is 353 g/mol. The largest absolute Gasteiger partial charge is 0.341 e. The molecule has 0 bridgehead atoms. The van der Waals surface area contributed by atoms with Gasteiger partial charge in [0.15, 0.2) is 5.16 Å². The minimum absolute atomic E-state index is 0.0196. The summed E-state index contributed by atoms with van der Waals surface area (Å²) in [5.41, 5.74) is 2.61. The second kappa shape index (κ2) is 7.99. The summed E-state index contributed by atoms with van der Waals surface area (Å²) in [7, 11) is 1.74. The van der Waals surface area contributed by atoms with Crippen LogP contribution in [0.3, 0.4) is 0 Å². The van der Waals surface area contributed by atoms with E-state index in [4.69, 9.17) is 23.2 Å². The van der Waals surface area contributed by atoms with Crippen LogP contribution < -0.4 is 0 Å². The van der Waals surface area contributed by atoms with E-state index in [0.717, 1.165) is 17.0 Å². The maximum atomic E-state index is 12.3. The Balaban J connectivity index is 1.96. The second-order valence-electron chi connectivity index (χ2n) is 5.18. The molecule has 0 fully saturated rings. The van der Waals surface area contributed by atoms with Crippen LogP contribution in [0.2, 0.25) is 10.0 Å². The van der Waals surface area contributed by atoms with Crippen molar-refractivity contribution in [2.75, 3.05) is 12.8 Å². The van der Waals surface area contributed by atoms with Crippen molar-refractivity contribution >= 4 is 40.9 Å². The molecule has 1 aromatic carbocycles. The molecule has 0 unspecified atom stereocenters. The van der Waals surface area contributed by atoms with Crippen molar-refractivity contribution in [2.24, 2.45) is 0 Å². The molecule has 0 spiro atoms. The van der Waals surface area contributed by atoms with Crippen LogP contribution in [-0.4, -0.2) is 33.6 Å². The number of carbonyl (C=O) groups excluding carboxylic acids is 1. The SMILES string of the molecule is Cc1cc(C)nc(SCC(=O)N(C)Cc2cccc(Cl)c2Cl)n1. The maximum Gasteiger partial charge on any atom is 0.233 e. The monoisotopic (exact) mass is 369 g/mol. The minimum Gasteiger partial charge on any atom is -0.341 e. The molecule has 0 saturated heterocycles. The Morgan fingerprint density at radius 2 is 1.87 bits per heavy atom. The normalized spacial score (nSPS) is 10.7. The van der Waals surface area contributed by atoms with Gasteiger partial charge in [-0.1, -0.05) is 47.1 Å². The summed E-state index contributed by atoms with van der Waals surface area (Å²) in [5.74, 6) is 0.256. The van der Waals surface area contributed by atoms with Crippen molar-refractivity contribution in [2.45, 2.75) is 25.5 Å². The van der Waals surface area contributed by atoms with E-state index in [1.54, 1.807) is 18.0 Å². The van der Waals surface area contributed by atoms with E-state index in [1.165, 1.54) is 11.8 Å². The molecule has 2 aromatic rings. The number of aryl methyl sites for hydroxylation is 2. The van der Waals surface area contributed by atoms with Crippen LogP contribution in [0.1, 0.15) is 17.0 Å². The van der Waals surface area contributed by atoms with Crippen LogP contribution in [-0.2, 0) is 11.3 Å². The van der Waals surface area contributed by atoms with E-state index in [2.05, 4.69) is 9.97 Å². The van der Waals surface area contributed by atoms with Crippen LogP contribution in [0, 0.1) is 13.8 Å². The predicted molar refractivity (Wildman–Crippen MR) is 95.2 cm³/mol. The fourth-order valence-corrected chi connectivity index (χ4v) is 3.28. The number of amides is 1. The topological polar surface area (TPSA) is 46.1 Å². The smallest absolute Gasteiger partial charge is 0.233 e. The number of rotatable bonds is 5. The molecular formula is C16H17Cl2N3OS. The summed E-state index contributed by atoms with van der Waals surface area (Å²) in [6, 6.07) is 7.31. The van der Waals surface area contributed by atoms with Gasteiger partial charge in [-0.3, -0.25) is 4.79 Å². The average Bonchev–Trinajstić information content (AvgIpc) is 2.48. The fraction of sp³-hybridized carbons (Fsp3) is 0.312. The van der Waals surface area contributed by atoms with Gasteiger partial charge in [-0.15, -0.1) is 0 Å². The molecule has 0 aliphatic carbocycles. The summed E-state index contributed by atoms with van der Waals surface area (Å²) in [5, 5.41) is 1.59. The molecule has 1 aromatic heterocycles. The van der Waals surface area contributed by atoms with E-state index in [-0.39, 0.29) is 11.7 Å². The maximum absolute atomic E-state index is 12.3. The lowest BCUT2D eigenvalue weighted by molar-refractivity contribution is -0.127. The highest BCUT2D eigenvalue weighted by molar-refractivity contribution is 7.99. The molecule has 0 saturated carbocycles. The van der Waals surface area contributed by atoms with Gasteiger partial charge in [0.05, 0.1) is 15.8 Å². The molecule has 0 N–H and O–H groups in total. The van der Waals surface area contributed by atoms with Gasteiger partial charge < -0.3 is 4.90 Å². The molecule has 122 valence electrons. The molecule has 0 atom stereocenters. The van der Waals surface area contributed by atoms with Gasteiger partial charge in [0.1, 0.15) is 0 Å². The van der Waals surface area contributed by atoms with E-state index in [1.807, 2.05) is 32.0 Å². The first-order valence-electron chi connectivity index (χ1n) is 6.98. The Labute approximate surface area is 150 Å². The second-order valence-corrected chi connectivity index (χ2v) is 6.91. The Morgan fingerprint density at radius 3 is 2.52 bits per heavy atom. The molecule has 23 heavy (non-hydrogen) atoms. The van der Waals surface area contributed by atoms with Crippen LogP contribution >= 0.6 is 35.0 Å². The third kappa shape index (κ3) is 5.09. The highest BCUT2D eigenvalue weighted by Gasteiger charge is 2.13. The predicted octanol–water partition coefficient (Wildman–Crippen LogP) is 4.15. The standard InChI is InChI=1S/C16H17Cl2N3OS/c1-10-7-11(2)20-16(19-10)23-9-14(22)21(3)8-12-5-4-6-13(17)15(12)18/h4-7H,8-9H2,1-3H3. The lowest BCUT2D eigenvalue weighted by atomic mass is 10.2. The van der Waals surface area contributed by atoms with Crippen molar-refractivity contribution in [1.29, 1.82) is 0 Å². The average molecular weight is 370 g/mol.